The minimum atomic E-state index is -2.20. The molecular formula is C7H14F2OSi. The zero-order valence-electron chi connectivity index (χ0n) is 6.78. The van der Waals surface area contributed by atoms with Crippen LogP contribution < -0.4 is 0 Å². The van der Waals surface area contributed by atoms with Crippen LogP contribution in [0, 0.1) is 0 Å². The lowest BCUT2D eigenvalue weighted by Gasteiger charge is -2.33. The molecule has 1 fully saturated rings. The Morgan fingerprint density at radius 3 is 2.64 bits per heavy atom. The van der Waals surface area contributed by atoms with Crippen molar-refractivity contribution in [3.63, 3.8) is 0 Å². The first-order valence-electron chi connectivity index (χ1n) is 4.04. The minimum absolute atomic E-state index is 0.0563. The van der Waals surface area contributed by atoms with Gasteiger partial charge in [-0.25, -0.2) is 8.78 Å². The number of alkyl halides is 2. The van der Waals surface area contributed by atoms with Gasteiger partial charge in [0.25, 0.3) is 0 Å². The van der Waals surface area contributed by atoms with Crippen LogP contribution in [-0.4, -0.2) is 28.5 Å². The second-order valence-corrected chi connectivity index (χ2v) is 5.17. The summed E-state index contributed by atoms with van der Waals surface area (Å²) in [7, 11) is 0.726. The third kappa shape index (κ3) is 2.87. The number of ether oxygens (including phenoxy) is 1. The molecule has 0 saturated carbocycles. The van der Waals surface area contributed by atoms with Crippen LogP contribution in [0.4, 0.5) is 8.78 Å². The monoisotopic (exact) mass is 180 g/mol. The summed E-state index contributed by atoms with van der Waals surface area (Å²) in [5.74, 6) is 0. The van der Waals surface area contributed by atoms with E-state index < -0.39 is 11.6 Å². The normalized spacial score (nSPS) is 33.0. The molecule has 66 valence electrons. The summed E-state index contributed by atoms with van der Waals surface area (Å²) in [6.07, 6.45) is 0.664. The van der Waals surface area contributed by atoms with Crippen molar-refractivity contribution >= 4 is 10.2 Å². The van der Waals surface area contributed by atoms with Crippen LogP contribution in [0.3, 0.4) is 0 Å². The zero-order chi connectivity index (χ0) is 8.32. The lowest BCUT2D eigenvalue weighted by atomic mass is 10.1. The summed E-state index contributed by atoms with van der Waals surface area (Å²) in [5.41, 5.74) is 0. The van der Waals surface area contributed by atoms with E-state index in [4.69, 9.17) is 4.74 Å². The van der Waals surface area contributed by atoms with E-state index in [9.17, 15) is 8.78 Å². The molecule has 1 unspecified atom stereocenters. The van der Waals surface area contributed by atoms with Gasteiger partial charge in [-0.1, -0.05) is 0 Å². The second kappa shape index (κ2) is 3.63. The van der Waals surface area contributed by atoms with E-state index in [0.717, 1.165) is 29.5 Å². The predicted molar refractivity (Wildman–Crippen MR) is 43.1 cm³/mol. The van der Waals surface area contributed by atoms with Gasteiger partial charge in [-0.15, -0.1) is 0 Å². The maximum absolute atomic E-state index is 12.0. The molecule has 1 atom stereocenters. The molecule has 1 rings (SSSR count). The van der Waals surface area contributed by atoms with E-state index in [0.29, 0.717) is 6.61 Å². The minimum Gasteiger partial charge on any atom is -0.379 e. The molecule has 0 spiro atoms. The highest BCUT2D eigenvalue weighted by atomic mass is 28.1. The van der Waals surface area contributed by atoms with Gasteiger partial charge in [0.2, 0.25) is 6.43 Å². The molecule has 1 nitrogen and oxygen atoms in total. The molecule has 4 heteroatoms. The Morgan fingerprint density at radius 1 is 1.45 bits per heavy atom. The van der Waals surface area contributed by atoms with Gasteiger partial charge in [-0.2, -0.15) is 0 Å². The molecule has 0 aromatic carbocycles. The average Bonchev–Trinajstić information content (AvgIpc) is 1.85. The van der Waals surface area contributed by atoms with Crippen LogP contribution in [0.5, 0.6) is 0 Å². The van der Waals surface area contributed by atoms with E-state index in [1.807, 2.05) is 0 Å². The topological polar surface area (TPSA) is 9.23 Å². The Labute approximate surface area is 68.5 Å². The first-order valence-corrected chi connectivity index (χ1v) is 5.04. The van der Waals surface area contributed by atoms with Crippen LogP contribution in [0.25, 0.3) is 0 Å². The third-order valence-electron chi connectivity index (χ3n) is 2.14. The van der Waals surface area contributed by atoms with Gasteiger partial charge in [0, 0.05) is 23.3 Å². The van der Waals surface area contributed by atoms with Crippen molar-refractivity contribution in [1.29, 1.82) is 0 Å². The Balaban J connectivity index is 2.37. The van der Waals surface area contributed by atoms with Gasteiger partial charge in [0.15, 0.2) is 0 Å². The van der Waals surface area contributed by atoms with Crippen molar-refractivity contribution in [3.8, 4) is 0 Å². The van der Waals surface area contributed by atoms with E-state index in [-0.39, 0.29) is 6.42 Å². The smallest absolute Gasteiger partial charge is 0.241 e. The van der Waals surface area contributed by atoms with Crippen LogP contribution >= 0.6 is 0 Å². The van der Waals surface area contributed by atoms with Crippen LogP contribution in [0.2, 0.25) is 0 Å². The molecule has 11 heavy (non-hydrogen) atoms. The van der Waals surface area contributed by atoms with Gasteiger partial charge >= 0.3 is 0 Å². The summed E-state index contributed by atoms with van der Waals surface area (Å²) in [6, 6.07) is 0. The quantitative estimate of drug-likeness (QED) is 0.574. The summed E-state index contributed by atoms with van der Waals surface area (Å²) < 4.78 is 29.4. The molecule has 1 heterocycles. The standard InChI is InChI=1S/C7H14F2OSi/c8-6(9)5-7(11)3-1-2-4-10-7/h6H,1-5H2,11H3. The fourth-order valence-electron chi connectivity index (χ4n) is 1.48. The molecule has 0 bridgehead atoms. The molecule has 0 radical (unpaired) electrons. The van der Waals surface area contributed by atoms with Gasteiger partial charge in [-0.3, -0.25) is 0 Å². The predicted octanol–water partition coefficient (Wildman–Crippen LogP) is 0.904. The van der Waals surface area contributed by atoms with Crippen molar-refractivity contribution in [2.45, 2.75) is 37.3 Å². The molecule has 0 amide bonds. The first-order chi connectivity index (χ1) is 5.12. The Kier molecular flexibility index (Phi) is 3.01. The fourth-order valence-corrected chi connectivity index (χ4v) is 2.35. The highest BCUT2D eigenvalue weighted by Gasteiger charge is 2.30. The van der Waals surface area contributed by atoms with E-state index >= 15 is 0 Å². The summed E-state index contributed by atoms with van der Waals surface area (Å²) in [5, 5.41) is -0.410. The summed E-state index contributed by atoms with van der Waals surface area (Å²) in [6.45, 7) is 0.677. The van der Waals surface area contributed by atoms with Gasteiger partial charge in [0.05, 0.1) is 5.22 Å². The Bertz CT molecular complexity index is 124. The molecule has 0 N–H and O–H groups in total. The van der Waals surface area contributed by atoms with Crippen molar-refractivity contribution in [3.05, 3.63) is 0 Å². The number of rotatable bonds is 2. The lowest BCUT2D eigenvalue weighted by Crippen LogP contribution is -2.38. The number of hydrogen-bond acceptors (Lipinski definition) is 1. The van der Waals surface area contributed by atoms with Gasteiger partial charge < -0.3 is 4.74 Å². The van der Waals surface area contributed by atoms with Crippen LogP contribution in [-0.2, 0) is 4.74 Å². The average molecular weight is 180 g/mol. The Hall–Kier alpha value is 0.0369. The number of hydrogen-bond donors (Lipinski definition) is 0. The van der Waals surface area contributed by atoms with E-state index in [2.05, 4.69) is 0 Å². The SMILES string of the molecule is FC(F)CC1([SiH3])CCCCO1. The van der Waals surface area contributed by atoms with Crippen molar-refractivity contribution < 1.29 is 13.5 Å². The second-order valence-electron chi connectivity index (χ2n) is 3.35. The lowest BCUT2D eigenvalue weighted by molar-refractivity contribution is -0.0528. The molecular weight excluding hydrogens is 166 g/mol. The van der Waals surface area contributed by atoms with Crippen molar-refractivity contribution in [2.24, 2.45) is 0 Å². The largest absolute Gasteiger partial charge is 0.379 e. The van der Waals surface area contributed by atoms with Crippen molar-refractivity contribution in [2.75, 3.05) is 6.61 Å². The van der Waals surface area contributed by atoms with E-state index in [1.54, 1.807) is 0 Å². The summed E-state index contributed by atoms with van der Waals surface area (Å²) >= 11 is 0. The molecule has 0 aromatic heterocycles. The van der Waals surface area contributed by atoms with E-state index in [1.165, 1.54) is 0 Å². The molecule has 0 aliphatic carbocycles. The van der Waals surface area contributed by atoms with Gasteiger partial charge in [0.1, 0.15) is 0 Å². The third-order valence-corrected chi connectivity index (χ3v) is 3.33. The summed E-state index contributed by atoms with van der Waals surface area (Å²) in [4.78, 5) is 0. The molecule has 1 saturated heterocycles. The Morgan fingerprint density at radius 2 is 2.18 bits per heavy atom. The maximum Gasteiger partial charge on any atom is 0.241 e. The molecule has 1 aliphatic rings. The fraction of sp³-hybridized carbons (Fsp3) is 1.00. The molecule has 0 aromatic rings. The van der Waals surface area contributed by atoms with Crippen LogP contribution in [0.15, 0.2) is 0 Å². The van der Waals surface area contributed by atoms with Crippen LogP contribution in [0.1, 0.15) is 25.7 Å². The first kappa shape index (κ1) is 9.13. The highest BCUT2D eigenvalue weighted by Crippen LogP contribution is 2.27. The zero-order valence-corrected chi connectivity index (χ0v) is 8.78. The number of halogens is 2. The maximum atomic E-state index is 12.0. The van der Waals surface area contributed by atoms with Gasteiger partial charge in [-0.05, 0) is 19.3 Å². The highest BCUT2D eigenvalue weighted by molar-refractivity contribution is 6.14. The van der Waals surface area contributed by atoms with Crippen molar-refractivity contribution in [1.82, 2.24) is 0 Å². The molecule has 1 aliphatic heterocycles.